The molecular formula is C18H18N2O2S. The molecule has 0 spiro atoms. The lowest BCUT2D eigenvalue weighted by atomic mass is 10.0. The van der Waals surface area contributed by atoms with E-state index in [4.69, 9.17) is 4.74 Å². The Labute approximate surface area is 139 Å². The predicted octanol–water partition coefficient (Wildman–Crippen LogP) is 4.44. The fourth-order valence-electron chi connectivity index (χ4n) is 2.19. The van der Waals surface area contributed by atoms with Gasteiger partial charge < -0.3 is 4.74 Å². The summed E-state index contributed by atoms with van der Waals surface area (Å²) in [6.07, 6.45) is 0. The number of thiazole rings is 1. The molecule has 0 fully saturated rings. The highest BCUT2D eigenvalue weighted by atomic mass is 32.1. The van der Waals surface area contributed by atoms with E-state index in [0.717, 1.165) is 10.2 Å². The molecular weight excluding hydrogens is 308 g/mol. The molecule has 23 heavy (non-hydrogen) atoms. The number of nitrogens with zero attached hydrogens (tertiary/aromatic N) is 1. The Kier molecular flexibility index (Phi) is 4.57. The lowest BCUT2D eigenvalue weighted by Crippen LogP contribution is -2.20. The van der Waals surface area contributed by atoms with E-state index in [1.165, 1.54) is 16.9 Å². The monoisotopic (exact) mass is 326 g/mol. The Bertz CT molecular complexity index is 794. The number of ether oxygens (including phenoxy) is 1. The van der Waals surface area contributed by atoms with E-state index in [9.17, 15) is 4.79 Å². The van der Waals surface area contributed by atoms with Crippen molar-refractivity contribution < 1.29 is 9.53 Å². The number of nitrogens with one attached hydrogen (secondary N) is 1. The number of hydrogen-bond acceptors (Lipinski definition) is 4. The Morgan fingerprint density at radius 1 is 1.22 bits per heavy atom. The van der Waals surface area contributed by atoms with E-state index in [1.807, 2.05) is 42.5 Å². The van der Waals surface area contributed by atoms with Gasteiger partial charge in [0.1, 0.15) is 5.75 Å². The summed E-state index contributed by atoms with van der Waals surface area (Å²) in [5.41, 5.74) is 2.08. The average Bonchev–Trinajstić information content (AvgIpc) is 2.95. The van der Waals surface area contributed by atoms with Crippen molar-refractivity contribution in [3.8, 4) is 5.75 Å². The van der Waals surface area contributed by atoms with Gasteiger partial charge in [0.15, 0.2) is 11.7 Å². The first-order valence-corrected chi connectivity index (χ1v) is 8.31. The van der Waals surface area contributed by atoms with Crippen LogP contribution in [0.25, 0.3) is 10.2 Å². The Morgan fingerprint density at radius 3 is 2.83 bits per heavy atom. The number of benzene rings is 2. The van der Waals surface area contributed by atoms with Gasteiger partial charge in [0.05, 0.1) is 10.2 Å². The van der Waals surface area contributed by atoms with Crippen LogP contribution in [0.2, 0.25) is 0 Å². The second-order valence-corrected chi connectivity index (χ2v) is 6.58. The van der Waals surface area contributed by atoms with Crippen LogP contribution in [0.15, 0.2) is 48.5 Å². The molecule has 0 saturated heterocycles. The van der Waals surface area contributed by atoms with Gasteiger partial charge in [0.25, 0.3) is 5.91 Å². The van der Waals surface area contributed by atoms with E-state index < -0.39 is 0 Å². The van der Waals surface area contributed by atoms with Crippen LogP contribution in [0.4, 0.5) is 5.13 Å². The molecule has 0 unspecified atom stereocenters. The molecule has 0 bridgehead atoms. The van der Waals surface area contributed by atoms with E-state index in [2.05, 4.69) is 30.2 Å². The zero-order valence-electron chi connectivity index (χ0n) is 13.1. The zero-order chi connectivity index (χ0) is 16.2. The summed E-state index contributed by atoms with van der Waals surface area (Å²) < 4.78 is 6.62. The molecule has 0 saturated carbocycles. The minimum absolute atomic E-state index is 0.0303. The van der Waals surface area contributed by atoms with Gasteiger partial charge in [-0.3, -0.25) is 10.1 Å². The van der Waals surface area contributed by atoms with Crippen molar-refractivity contribution in [2.75, 3.05) is 11.9 Å². The first kappa shape index (κ1) is 15.5. The molecule has 2 aromatic carbocycles. The second kappa shape index (κ2) is 6.79. The lowest BCUT2D eigenvalue weighted by molar-refractivity contribution is -0.118. The molecule has 0 atom stereocenters. The molecule has 3 aromatic rings. The van der Waals surface area contributed by atoms with E-state index in [-0.39, 0.29) is 12.5 Å². The molecule has 1 heterocycles. The van der Waals surface area contributed by atoms with E-state index >= 15 is 0 Å². The maximum Gasteiger partial charge on any atom is 0.264 e. The highest BCUT2D eigenvalue weighted by Crippen LogP contribution is 2.25. The number of hydrogen-bond donors (Lipinski definition) is 1. The van der Waals surface area contributed by atoms with E-state index in [0.29, 0.717) is 16.8 Å². The van der Waals surface area contributed by atoms with Crippen LogP contribution in [0.1, 0.15) is 25.3 Å². The average molecular weight is 326 g/mol. The minimum atomic E-state index is -0.209. The van der Waals surface area contributed by atoms with Gasteiger partial charge in [-0.1, -0.05) is 49.4 Å². The third-order valence-electron chi connectivity index (χ3n) is 3.43. The third-order valence-corrected chi connectivity index (χ3v) is 4.39. The number of fused-ring (bicyclic) bond motifs is 1. The minimum Gasteiger partial charge on any atom is -0.484 e. The summed E-state index contributed by atoms with van der Waals surface area (Å²) in [6.45, 7) is 4.22. The smallest absolute Gasteiger partial charge is 0.264 e. The normalized spacial score (nSPS) is 10.9. The quantitative estimate of drug-likeness (QED) is 0.754. The van der Waals surface area contributed by atoms with Crippen LogP contribution in [0.5, 0.6) is 5.75 Å². The van der Waals surface area contributed by atoms with Crippen molar-refractivity contribution in [1.29, 1.82) is 0 Å². The van der Waals surface area contributed by atoms with Gasteiger partial charge in [-0.25, -0.2) is 4.98 Å². The Balaban J connectivity index is 1.60. The topological polar surface area (TPSA) is 51.2 Å². The Hall–Kier alpha value is -2.40. The number of carbonyl (C=O) groups is 1. The van der Waals surface area contributed by atoms with Crippen LogP contribution in [-0.4, -0.2) is 17.5 Å². The molecule has 5 heteroatoms. The van der Waals surface area contributed by atoms with Crippen LogP contribution in [0.3, 0.4) is 0 Å². The van der Waals surface area contributed by atoms with Crippen LogP contribution in [0, 0.1) is 0 Å². The molecule has 0 aliphatic carbocycles. The Morgan fingerprint density at radius 2 is 2.04 bits per heavy atom. The predicted molar refractivity (Wildman–Crippen MR) is 94.3 cm³/mol. The number of rotatable bonds is 5. The van der Waals surface area contributed by atoms with Crippen molar-refractivity contribution in [2.45, 2.75) is 19.8 Å². The van der Waals surface area contributed by atoms with Gasteiger partial charge in [-0.05, 0) is 35.7 Å². The molecule has 118 valence electrons. The maximum absolute atomic E-state index is 12.0. The summed E-state index contributed by atoms with van der Waals surface area (Å²) in [5, 5.41) is 3.38. The summed E-state index contributed by atoms with van der Waals surface area (Å²) >= 11 is 1.46. The van der Waals surface area contributed by atoms with Gasteiger partial charge in [0.2, 0.25) is 0 Å². The summed E-state index contributed by atoms with van der Waals surface area (Å²) in [4.78, 5) is 16.4. The fraction of sp³-hybridized carbons (Fsp3) is 0.222. The van der Waals surface area contributed by atoms with Crippen LogP contribution < -0.4 is 10.1 Å². The van der Waals surface area contributed by atoms with E-state index in [1.54, 1.807) is 0 Å². The fourth-order valence-corrected chi connectivity index (χ4v) is 3.08. The van der Waals surface area contributed by atoms with Crippen LogP contribution >= 0.6 is 11.3 Å². The van der Waals surface area contributed by atoms with Crippen molar-refractivity contribution >= 4 is 32.6 Å². The summed E-state index contributed by atoms with van der Waals surface area (Å²) in [6, 6.07) is 15.6. The van der Waals surface area contributed by atoms with Gasteiger partial charge >= 0.3 is 0 Å². The second-order valence-electron chi connectivity index (χ2n) is 5.55. The number of amides is 1. The maximum atomic E-state index is 12.0. The van der Waals surface area contributed by atoms with Crippen molar-refractivity contribution in [2.24, 2.45) is 0 Å². The molecule has 1 amide bonds. The number of para-hydroxylation sites is 1. The third kappa shape index (κ3) is 3.87. The SMILES string of the molecule is CC(C)c1cccc(OCC(=O)Nc2nc3ccccc3s2)c1. The zero-order valence-corrected chi connectivity index (χ0v) is 13.9. The van der Waals surface area contributed by atoms with Crippen LogP contribution in [-0.2, 0) is 4.79 Å². The number of carbonyl (C=O) groups excluding carboxylic acids is 1. The summed E-state index contributed by atoms with van der Waals surface area (Å²) in [7, 11) is 0. The highest BCUT2D eigenvalue weighted by molar-refractivity contribution is 7.22. The first-order chi connectivity index (χ1) is 11.1. The van der Waals surface area contributed by atoms with Crippen molar-refractivity contribution in [1.82, 2.24) is 4.98 Å². The molecule has 0 radical (unpaired) electrons. The molecule has 0 aliphatic rings. The van der Waals surface area contributed by atoms with Crippen molar-refractivity contribution in [3.05, 3.63) is 54.1 Å². The van der Waals surface area contributed by atoms with Gasteiger partial charge in [-0.2, -0.15) is 0 Å². The van der Waals surface area contributed by atoms with Gasteiger partial charge in [-0.15, -0.1) is 0 Å². The molecule has 4 nitrogen and oxygen atoms in total. The standard InChI is InChI=1S/C18H18N2O2S/c1-12(2)13-6-5-7-14(10-13)22-11-17(21)20-18-19-15-8-3-4-9-16(15)23-18/h3-10,12H,11H2,1-2H3,(H,19,20,21). The largest absolute Gasteiger partial charge is 0.484 e. The molecule has 0 aliphatic heterocycles. The number of aromatic nitrogens is 1. The van der Waals surface area contributed by atoms with Crippen molar-refractivity contribution in [3.63, 3.8) is 0 Å². The molecule has 1 N–H and O–H groups in total. The molecule has 1 aromatic heterocycles. The van der Waals surface area contributed by atoms with Gasteiger partial charge in [0, 0.05) is 0 Å². The highest BCUT2D eigenvalue weighted by Gasteiger charge is 2.09. The summed E-state index contributed by atoms with van der Waals surface area (Å²) in [5.74, 6) is 0.921. The first-order valence-electron chi connectivity index (χ1n) is 7.50. The lowest BCUT2D eigenvalue weighted by Gasteiger charge is -2.09. The number of anilines is 1. The molecule has 3 rings (SSSR count).